The van der Waals surface area contributed by atoms with Gasteiger partial charge in [0.25, 0.3) is 5.89 Å². The van der Waals surface area contributed by atoms with Crippen LogP contribution in [0.25, 0.3) is 0 Å². The highest BCUT2D eigenvalue weighted by atomic mass is 16.5. The molecule has 5 nitrogen and oxygen atoms in total. The van der Waals surface area contributed by atoms with Gasteiger partial charge in [-0.3, -0.25) is 0 Å². The summed E-state index contributed by atoms with van der Waals surface area (Å²) in [5.41, 5.74) is 5.27. The van der Waals surface area contributed by atoms with E-state index in [0.29, 0.717) is 31.5 Å². The minimum atomic E-state index is 0.301. The Labute approximate surface area is 64.5 Å². The fourth-order valence-corrected chi connectivity index (χ4v) is 0.621. The second kappa shape index (κ2) is 4.05. The molecule has 62 valence electrons. The van der Waals surface area contributed by atoms with Crippen LogP contribution in [-0.4, -0.2) is 16.7 Å². The minimum absolute atomic E-state index is 0.301. The number of rotatable bonds is 4. The maximum Gasteiger partial charge on any atom is 0.252 e. The molecule has 0 saturated heterocycles. The largest absolute Gasteiger partial charge is 0.372 e. The molecule has 0 fully saturated rings. The third-order valence-electron chi connectivity index (χ3n) is 1.12. The molecular formula is C6H11N3O2. The summed E-state index contributed by atoms with van der Waals surface area (Å²) in [4.78, 5) is 3.94. The summed E-state index contributed by atoms with van der Waals surface area (Å²) in [6.07, 6.45) is 0. The van der Waals surface area contributed by atoms with E-state index in [1.807, 2.05) is 6.92 Å². The highest BCUT2D eigenvalue weighted by Crippen LogP contribution is 1.97. The fraction of sp³-hybridized carbons (Fsp3) is 0.667. The Morgan fingerprint density at radius 3 is 3.00 bits per heavy atom. The normalized spacial score (nSPS) is 10.4. The summed E-state index contributed by atoms with van der Waals surface area (Å²) in [7, 11) is 0. The standard InChI is InChI=1S/C6H11N3O2/c1-2-10-4-6-8-5(3-7)9-11-6/h2-4,7H2,1H3. The Morgan fingerprint density at radius 2 is 2.45 bits per heavy atom. The molecule has 5 heteroatoms. The van der Waals surface area contributed by atoms with Crippen LogP contribution in [0.4, 0.5) is 0 Å². The van der Waals surface area contributed by atoms with Crippen molar-refractivity contribution >= 4 is 0 Å². The van der Waals surface area contributed by atoms with Crippen LogP contribution in [-0.2, 0) is 17.9 Å². The number of hydrogen-bond acceptors (Lipinski definition) is 5. The second-order valence-electron chi connectivity index (χ2n) is 1.95. The Hall–Kier alpha value is -0.940. The third kappa shape index (κ3) is 2.28. The molecule has 2 N–H and O–H groups in total. The summed E-state index contributed by atoms with van der Waals surface area (Å²) in [6.45, 7) is 3.21. The Balaban J connectivity index is 2.44. The predicted molar refractivity (Wildman–Crippen MR) is 37.5 cm³/mol. The van der Waals surface area contributed by atoms with E-state index in [4.69, 9.17) is 15.0 Å². The molecule has 0 unspecified atom stereocenters. The topological polar surface area (TPSA) is 74.2 Å². The molecule has 0 spiro atoms. The molecule has 1 aromatic heterocycles. The van der Waals surface area contributed by atoms with Crippen molar-refractivity contribution in [2.24, 2.45) is 5.73 Å². The van der Waals surface area contributed by atoms with Crippen molar-refractivity contribution in [2.75, 3.05) is 6.61 Å². The Kier molecular flexibility index (Phi) is 3.00. The molecule has 0 bridgehead atoms. The molecule has 0 aliphatic heterocycles. The average Bonchev–Trinajstić information content (AvgIpc) is 2.48. The molecule has 11 heavy (non-hydrogen) atoms. The first-order chi connectivity index (χ1) is 5.36. The molecule has 0 atom stereocenters. The quantitative estimate of drug-likeness (QED) is 0.669. The van der Waals surface area contributed by atoms with Crippen LogP contribution in [0.15, 0.2) is 4.52 Å². The molecular weight excluding hydrogens is 146 g/mol. The SMILES string of the molecule is CCOCc1nc(CN)no1. The Morgan fingerprint density at radius 1 is 1.64 bits per heavy atom. The summed E-state index contributed by atoms with van der Waals surface area (Å²) in [5, 5.41) is 3.60. The van der Waals surface area contributed by atoms with Gasteiger partial charge in [-0.15, -0.1) is 0 Å². The molecule has 1 aromatic rings. The molecule has 0 aliphatic rings. The van der Waals surface area contributed by atoms with Gasteiger partial charge in [-0.2, -0.15) is 4.98 Å². The zero-order valence-electron chi connectivity index (χ0n) is 6.41. The smallest absolute Gasteiger partial charge is 0.252 e. The van der Waals surface area contributed by atoms with Gasteiger partial charge in [0.1, 0.15) is 6.61 Å². The maximum absolute atomic E-state index is 5.27. The van der Waals surface area contributed by atoms with E-state index in [0.717, 1.165) is 0 Å². The number of ether oxygens (including phenoxy) is 1. The van der Waals surface area contributed by atoms with Gasteiger partial charge in [0.2, 0.25) is 0 Å². The van der Waals surface area contributed by atoms with Crippen LogP contribution < -0.4 is 5.73 Å². The van der Waals surface area contributed by atoms with Crippen molar-refractivity contribution in [3.63, 3.8) is 0 Å². The lowest BCUT2D eigenvalue weighted by molar-refractivity contribution is 0.109. The number of nitrogens with two attached hydrogens (primary N) is 1. The van der Waals surface area contributed by atoms with Crippen molar-refractivity contribution in [3.8, 4) is 0 Å². The number of nitrogens with zero attached hydrogens (tertiary/aromatic N) is 2. The van der Waals surface area contributed by atoms with E-state index in [1.54, 1.807) is 0 Å². The molecule has 1 heterocycles. The highest BCUT2D eigenvalue weighted by Gasteiger charge is 2.02. The first-order valence-corrected chi connectivity index (χ1v) is 3.46. The molecule has 0 aromatic carbocycles. The van der Waals surface area contributed by atoms with E-state index in [9.17, 15) is 0 Å². The Bertz CT molecular complexity index is 211. The summed E-state index contributed by atoms with van der Waals surface area (Å²) < 4.78 is 9.83. The highest BCUT2D eigenvalue weighted by molar-refractivity contribution is 4.82. The van der Waals surface area contributed by atoms with Crippen LogP contribution in [0.2, 0.25) is 0 Å². The zero-order chi connectivity index (χ0) is 8.10. The lowest BCUT2D eigenvalue weighted by atomic mass is 10.6. The van der Waals surface area contributed by atoms with E-state index in [1.165, 1.54) is 0 Å². The maximum atomic E-state index is 5.27. The van der Waals surface area contributed by atoms with Crippen LogP contribution in [0.5, 0.6) is 0 Å². The fourth-order valence-electron chi connectivity index (χ4n) is 0.621. The average molecular weight is 157 g/mol. The van der Waals surface area contributed by atoms with Crippen molar-refractivity contribution in [1.29, 1.82) is 0 Å². The predicted octanol–water partition coefficient (Wildman–Crippen LogP) is 0.0648. The van der Waals surface area contributed by atoms with Gasteiger partial charge in [-0.25, -0.2) is 0 Å². The summed E-state index contributed by atoms with van der Waals surface area (Å²) >= 11 is 0. The first kappa shape index (κ1) is 8.16. The van der Waals surface area contributed by atoms with Crippen LogP contribution in [0, 0.1) is 0 Å². The van der Waals surface area contributed by atoms with Gasteiger partial charge in [-0.05, 0) is 6.92 Å². The van der Waals surface area contributed by atoms with Crippen LogP contribution >= 0.6 is 0 Å². The van der Waals surface area contributed by atoms with Gasteiger partial charge in [-0.1, -0.05) is 5.16 Å². The van der Waals surface area contributed by atoms with Crippen molar-refractivity contribution < 1.29 is 9.26 Å². The molecule has 0 aliphatic carbocycles. The number of aromatic nitrogens is 2. The van der Waals surface area contributed by atoms with Gasteiger partial charge < -0.3 is 15.0 Å². The minimum Gasteiger partial charge on any atom is -0.372 e. The molecule has 1 rings (SSSR count). The number of hydrogen-bond donors (Lipinski definition) is 1. The molecule has 0 saturated carbocycles. The monoisotopic (exact) mass is 157 g/mol. The van der Waals surface area contributed by atoms with E-state index >= 15 is 0 Å². The van der Waals surface area contributed by atoms with Crippen LogP contribution in [0.3, 0.4) is 0 Å². The second-order valence-corrected chi connectivity index (χ2v) is 1.95. The third-order valence-corrected chi connectivity index (χ3v) is 1.12. The van der Waals surface area contributed by atoms with Gasteiger partial charge >= 0.3 is 0 Å². The van der Waals surface area contributed by atoms with E-state index in [2.05, 4.69) is 10.1 Å². The van der Waals surface area contributed by atoms with Gasteiger partial charge in [0.05, 0.1) is 6.54 Å². The molecule has 0 radical (unpaired) electrons. The van der Waals surface area contributed by atoms with Crippen molar-refractivity contribution in [3.05, 3.63) is 11.7 Å². The lowest BCUT2D eigenvalue weighted by Crippen LogP contribution is -1.98. The summed E-state index contributed by atoms with van der Waals surface area (Å²) in [5.74, 6) is 0.993. The summed E-state index contributed by atoms with van der Waals surface area (Å²) in [6, 6.07) is 0. The van der Waals surface area contributed by atoms with E-state index < -0.39 is 0 Å². The van der Waals surface area contributed by atoms with Gasteiger partial charge in [0.15, 0.2) is 5.82 Å². The van der Waals surface area contributed by atoms with Gasteiger partial charge in [0, 0.05) is 6.61 Å². The molecule has 0 amide bonds. The van der Waals surface area contributed by atoms with Crippen molar-refractivity contribution in [2.45, 2.75) is 20.1 Å². The zero-order valence-corrected chi connectivity index (χ0v) is 6.41. The van der Waals surface area contributed by atoms with E-state index in [-0.39, 0.29) is 0 Å². The first-order valence-electron chi connectivity index (χ1n) is 3.46. The van der Waals surface area contributed by atoms with Crippen molar-refractivity contribution in [1.82, 2.24) is 10.1 Å². The lowest BCUT2D eigenvalue weighted by Gasteiger charge is -1.91. The van der Waals surface area contributed by atoms with Crippen LogP contribution in [0.1, 0.15) is 18.6 Å².